The van der Waals surface area contributed by atoms with Crippen LogP contribution in [0.2, 0.25) is 0 Å². The Kier molecular flexibility index (Phi) is 4.11. The van der Waals surface area contributed by atoms with Gasteiger partial charge in [-0.3, -0.25) is 0 Å². The van der Waals surface area contributed by atoms with Crippen molar-refractivity contribution in [1.29, 1.82) is 0 Å². The molecule has 1 atom stereocenters. The largest absolute Gasteiger partial charge is 0.376 e. The molecule has 1 heterocycles. The normalized spacial score (nSPS) is 22.1. The minimum atomic E-state index is -3.40. The SMILES string of the molecule is Cc1cc(S(=O)(=O)N2CCO[C@@H](C)C2)ccc1Br. The van der Waals surface area contributed by atoms with Crippen molar-refractivity contribution in [2.24, 2.45) is 0 Å². The maximum Gasteiger partial charge on any atom is 0.243 e. The van der Waals surface area contributed by atoms with Crippen molar-refractivity contribution in [3.05, 3.63) is 28.2 Å². The van der Waals surface area contributed by atoms with Crippen molar-refractivity contribution in [2.75, 3.05) is 19.7 Å². The first-order valence-electron chi connectivity index (χ1n) is 5.79. The third-order valence-electron chi connectivity index (χ3n) is 2.97. The fourth-order valence-corrected chi connectivity index (χ4v) is 3.76. The van der Waals surface area contributed by atoms with Crippen molar-refractivity contribution >= 4 is 26.0 Å². The molecule has 1 fully saturated rings. The van der Waals surface area contributed by atoms with Gasteiger partial charge in [-0.25, -0.2) is 8.42 Å². The topological polar surface area (TPSA) is 46.6 Å². The molecule has 1 aliphatic heterocycles. The van der Waals surface area contributed by atoms with E-state index in [0.717, 1.165) is 10.0 Å². The van der Waals surface area contributed by atoms with Crippen molar-refractivity contribution < 1.29 is 13.2 Å². The Morgan fingerprint density at radius 1 is 1.44 bits per heavy atom. The van der Waals surface area contributed by atoms with Crippen molar-refractivity contribution in [1.82, 2.24) is 4.31 Å². The molecule has 0 radical (unpaired) electrons. The van der Waals surface area contributed by atoms with Crippen LogP contribution in [0.4, 0.5) is 0 Å². The maximum absolute atomic E-state index is 12.5. The highest BCUT2D eigenvalue weighted by Gasteiger charge is 2.29. The molecule has 0 saturated carbocycles. The van der Waals surface area contributed by atoms with E-state index < -0.39 is 10.0 Å². The Hall–Kier alpha value is -0.430. The average Bonchev–Trinajstić information content (AvgIpc) is 2.32. The molecule has 1 aromatic rings. The fraction of sp³-hybridized carbons (Fsp3) is 0.500. The fourth-order valence-electron chi connectivity index (χ4n) is 1.93. The summed E-state index contributed by atoms with van der Waals surface area (Å²) in [6.07, 6.45) is -0.0509. The van der Waals surface area contributed by atoms with E-state index in [4.69, 9.17) is 4.74 Å². The lowest BCUT2D eigenvalue weighted by molar-refractivity contribution is 0.0102. The molecule has 0 spiro atoms. The van der Waals surface area contributed by atoms with Crippen molar-refractivity contribution in [3.8, 4) is 0 Å². The van der Waals surface area contributed by atoms with E-state index in [0.29, 0.717) is 24.6 Å². The van der Waals surface area contributed by atoms with Crippen LogP contribution in [-0.2, 0) is 14.8 Å². The number of hydrogen-bond donors (Lipinski definition) is 0. The van der Waals surface area contributed by atoms with E-state index in [1.807, 2.05) is 13.8 Å². The predicted octanol–water partition coefficient (Wildman–Crippen LogP) is 2.17. The zero-order valence-electron chi connectivity index (χ0n) is 10.4. The molecule has 1 saturated heterocycles. The third-order valence-corrected chi connectivity index (χ3v) is 5.72. The molecule has 2 rings (SSSR count). The van der Waals surface area contributed by atoms with Crippen LogP contribution in [0.15, 0.2) is 27.6 Å². The number of nitrogens with zero attached hydrogens (tertiary/aromatic N) is 1. The molecule has 0 N–H and O–H groups in total. The molecule has 0 aliphatic carbocycles. The lowest BCUT2D eigenvalue weighted by Crippen LogP contribution is -2.44. The minimum absolute atomic E-state index is 0.0509. The number of ether oxygens (including phenoxy) is 1. The third kappa shape index (κ3) is 2.77. The number of hydrogen-bond acceptors (Lipinski definition) is 3. The Morgan fingerprint density at radius 3 is 2.78 bits per heavy atom. The molecule has 6 heteroatoms. The maximum atomic E-state index is 12.5. The van der Waals surface area contributed by atoms with Gasteiger partial charge >= 0.3 is 0 Å². The molecule has 1 aromatic carbocycles. The summed E-state index contributed by atoms with van der Waals surface area (Å²) in [6.45, 7) is 5.05. The molecule has 0 unspecified atom stereocenters. The highest BCUT2D eigenvalue weighted by molar-refractivity contribution is 9.10. The first-order chi connectivity index (χ1) is 8.41. The van der Waals surface area contributed by atoms with Crippen LogP contribution in [0.1, 0.15) is 12.5 Å². The van der Waals surface area contributed by atoms with E-state index in [1.165, 1.54) is 4.31 Å². The summed E-state index contributed by atoms with van der Waals surface area (Å²) >= 11 is 3.37. The number of morpholine rings is 1. The van der Waals surface area contributed by atoms with Crippen LogP contribution < -0.4 is 0 Å². The van der Waals surface area contributed by atoms with E-state index >= 15 is 0 Å². The van der Waals surface area contributed by atoms with Gasteiger partial charge < -0.3 is 4.74 Å². The summed E-state index contributed by atoms with van der Waals surface area (Å²) in [5.41, 5.74) is 0.914. The number of sulfonamides is 1. The van der Waals surface area contributed by atoms with E-state index in [2.05, 4.69) is 15.9 Å². The molecule has 0 bridgehead atoms. The van der Waals surface area contributed by atoms with Gasteiger partial charge in [0, 0.05) is 17.6 Å². The quantitative estimate of drug-likeness (QED) is 0.833. The first kappa shape index (κ1) is 14.0. The van der Waals surface area contributed by atoms with Crippen LogP contribution in [0.25, 0.3) is 0 Å². The van der Waals surface area contributed by atoms with Crippen LogP contribution in [0.5, 0.6) is 0 Å². The predicted molar refractivity (Wildman–Crippen MR) is 73.1 cm³/mol. The first-order valence-corrected chi connectivity index (χ1v) is 8.02. The Labute approximate surface area is 116 Å². The highest BCUT2D eigenvalue weighted by atomic mass is 79.9. The van der Waals surface area contributed by atoms with Crippen LogP contribution in [0, 0.1) is 6.92 Å². The van der Waals surface area contributed by atoms with E-state index in [-0.39, 0.29) is 6.10 Å². The van der Waals surface area contributed by atoms with Gasteiger partial charge in [-0.1, -0.05) is 15.9 Å². The Balaban J connectivity index is 2.32. The highest BCUT2D eigenvalue weighted by Crippen LogP contribution is 2.23. The van der Waals surface area contributed by atoms with Gasteiger partial charge in [0.05, 0.1) is 17.6 Å². The van der Waals surface area contributed by atoms with Gasteiger partial charge in [0.25, 0.3) is 0 Å². The summed E-state index contributed by atoms with van der Waals surface area (Å²) in [7, 11) is -3.40. The smallest absolute Gasteiger partial charge is 0.243 e. The van der Waals surface area contributed by atoms with Gasteiger partial charge in [-0.2, -0.15) is 4.31 Å². The summed E-state index contributed by atoms with van der Waals surface area (Å²) in [5, 5.41) is 0. The summed E-state index contributed by atoms with van der Waals surface area (Å²) in [6, 6.07) is 5.10. The monoisotopic (exact) mass is 333 g/mol. The second-order valence-electron chi connectivity index (χ2n) is 4.46. The molecule has 4 nitrogen and oxygen atoms in total. The molecular formula is C12H16BrNO3S. The van der Waals surface area contributed by atoms with Crippen LogP contribution >= 0.6 is 15.9 Å². The molecule has 0 aromatic heterocycles. The molecule has 1 aliphatic rings. The van der Waals surface area contributed by atoms with Gasteiger partial charge in [0.15, 0.2) is 0 Å². The van der Waals surface area contributed by atoms with Crippen LogP contribution in [-0.4, -0.2) is 38.5 Å². The summed E-state index contributed by atoms with van der Waals surface area (Å²) in [5.74, 6) is 0. The van der Waals surface area contributed by atoms with E-state index in [9.17, 15) is 8.42 Å². The second-order valence-corrected chi connectivity index (χ2v) is 7.25. The number of benzene rings is 1. The number of halogens is 1. The van der Waals surface area contributed by atoms with Crippen LogP contribution in [0.3, 0.4) is 0 Å². The molecular weight excluding hydrogens is 318 g/mol. The lowest BCUT2D eigenvalue weighted by atomic mass is 10.2. The summed E-state index contributed by atoms with van der Waals surface area (Å²) < 4.78 is 32.7. The standard InChI is InChI=1S/C12H16BrNO3S/c1-9-7-11(3-4-12(9)13)18(15,16)14-5-6-17-10(2)8-14/h3-4,7,10H,5-6,8H2,1-2H3/t10-/m0/s1. The molecule has 18 heavy (non-hydrogen) atoms. The minimum Gasteiger partial charge on any atom is -0.376 e. The van der Waals surface area contributed by atoms with Gasteiger partial charge in [-0.05, 0) is 37.6 Å². The van der Waals surface area contributed by atoms with Crippen molar-refractivity contribution in [2.45, 2.75) is 24.8 Å². The van der Waals surface area contributed by atoms with Crippen molar-refractivity contribution in [3.63, 3.8) is 0 Å². The lowest BCUT2D eigenvalue weighted by Gasteiger charge is -2.30. The summed E-state index contributed by atoms with van der Waals surface area (Å²) in [4.78, 5) is 0.345. The zero-order valence-corrected chi connectivity index (χ0v) is 12.8. The Morgan fingerprint density at radius 2 is 2.17 bits per heavy atom. The molecule has 0 amide bonds. The second kappa shape index (κ2) is 5.28. The molecule has 100 valence electrons. The zero-order chi connectivity index (χ0) is 13.3. The van der Waals surface area contributed by atoms with E-state index in [1.54, 1.807) is 18.2 Å². The number of rotatable bonds is 2. The van der Waals surface area contributed by atoms with Gasteiger partial charge in [0.1, 0.15) is 0 Å². The number of aryl methyl sites for hydroxylation is 1. The van der Waals surface area contributed by atoms with Gasteiger partial charge in [0.2, 0.25) is 10.0 Å². The average molecular weight is 334 g/mol. The Bertz CT molecular complexity index is 544. The van der Waals surface area contributed by atoms with Gasteiger partial charge in [-0.15, -0.1) is 0 Å².